The molecular weight excluding hydrogens is 338 g/mol. The first kappa shape index (κ1) is 16.7. The largest absolute Gasteiger partial charge is 0.390 e. The number of carbonyl (C=O) groups excluding carboxylic acids is 1. The van der Waals surface area contributed by atoms with Gasteiger partial charge in [-0.1, -0.05) is 12.1 Å². The van der Waals surface area contributed by atoms with Gasteiger partial charge in [-0.25, -0.2) is 4.98 Å². The molecule has 27 heavy (non-hydrogen) atoms. The Balaban J connectivity index is 1.39. The van der Waals surface area contributed by atoms with Crippen molar-refractivity contribution in [2.45, 2.75) is 50.5 Å². The SMILES string of the molecule is CC(C)(O)C1CC1C(=O)Nc1cc2cc(C3(C#N)CC34CC4)ccc2cn1. The maximum atomic E-state index is 12.4. The lowest BCUT2D eigenvalue weighted by Gasteiger charge is -2.16. The second kappa shape index (κ2) is 5.08. The normalized spacial score (nSPS) is 30.0. The third kappa shape index (κ3) is 2.47. The van der Waals surface area contributed by atoms with E-state index in [1.165, 1.54) is 0 Å². The highest BCUT2D eigenvalue weighted by atomic mass is 16.3. The number of hydrogen-bond donors (Lipinski definition) is 2. The number of benzene rings is 1. The summed E-state index contributed by atoms with van der Waals surface area (Å²) in [6, 6.07) is 10.6. The molecule has 1 amide bonds. The Morgan fingerprint density at radius 2 is 2.11 bits per heavy atom. The third-order valence-electron chi connectivity index (χ3n) is 6.93. The second-order valence-corrected chi connectivity index (χ2v) is 9.20. The summed E-state index contributed by atoms with van der Waals surface area (Å²) >= 11 is 0. The van der Waals surface area contributed by atoms with E-state index >= 15 is 0 Å². The third-order valence-corrected chi connectivity index (χ3v) is 6.93. The molecule has 2 aromatic rings. The summed E-state index contributed by atoms with van der Waals surface area (Å²) in [6.07, 6.45) is 5.74. The van der Waals surface area contributed by atoms with Crippen molar-refractivity contribution in [3.63, 3.8) is 0 Å². The Morgan fingerprint density at radius 1 is 1.33 bits per heavy atom. The van der Waals surface area contributed by atoms with Gasteiger partial charge in [0.1, 0.15) is 5.82 Å². The number of hydrogen-bond acceptors (Lipinski definition) is 4. The van der Waals surface area contributed by atoms with E-state index in [1.54, 1.807) is 20.0 Å². The summed E-state index contributed by atoms with van der Waals surface area (Å²) in [5, 5.41) is 24.7. The predicted molar refractivity (Wildman–Crippen MR) is 102 cm³/mol. The smallest absolute Gasteiger partial charge is 0.229 e. The van der Waals surface area contributed by atoms with Crippen molar-refractivity contribution in [2.75, 3.05) is 5.32 Å². The molecule has 2 N–H and O–H groups in total. The van der Waals surface area contributed by atoms with Gasteiger partial charge < -0.3 is 10.4 Å². The lowest BCUT2D eigenvalue weighted by atomic mass is 9.92. The molecule has 0 saturated heterocycles. The molecule has 3 fully saturated rings. The Hall–Kier alpha value is -2.45. The van der Waals surface area contributed by atoms with E-state index in [9.17, 15) is 15.2 Å². The van der Waals surface area contributed by atoms with E-state index in [0.717, 1.165) is 35.6 Å². The van der Waals surface area contributed by atoms with Gasteiger partial charge in [-0.3, -0.25) is 4.79 Å². The Labute approximate surface area is 158 Å². The van der Waals surface area contributed by atoms with Gasteiger partial charge in [0.25, 0.3) is 0 Å². The highest BCUT2D eigenvalue weighted by molar-refractivity contribution is 5.96. The van der Waals surface area contributed by atoms with E-state index in [4.69, 9.17) is 0 Å². The molecule has 3 aliphatic rings. The van der Waals surface area contributed by atoms with Crippen molar-refractivity contribution in [3.8, 4) is 6.07 Å². The van der Waals surface area contributed by atoms with Crippen LogP contribution in [-0.2, 0) is 10.2 Å². The average Bonchev–Trinajstić information content (AvgIpc) is 3.51. The van der Waals surface area contributed by atoms with Gasteiger partial charge in [-0.05, 0) is 73.9 Å². The standard InChI is InChI=1S/C22H23N3O2/c1-20(2,27)17-9-16(17)19(26)25-18-8-14-7-15(4-3-13(14)10-24-18)22(12-23)11-21(22)5-6-21/h3-4,7-8,10,16-17,27H,5-6,9,11H2,1-2H3,(H,24,25,26). The maximum absolute atomic E-state index is 12.4. The number of nitrogens with zero attached hydrogens (tertiary/aromatic N) is 2. The maximum Gasteiger partial charge on any atom is 0.229 e. The van der Waals surface area contributed by atoms with Gasteiger partial charge >= 0.3 is 0 Å². The Bertz CT molecular complexity index is 1010. The van der Waals surface area contributed by atoms with Crippen LogP contribution in [0.15, 0.2) is 30.5 Å². The summed E-state index contributed by atoms with van der Waals surface area (Å²) in [7, 11) is 0. The minimum atomic E-state index is -0.831. The summed E-state index contributed by atoms with van der Waals surface area (Å²) in [5.41, 5.74) is 0.171. The molecule has 3 saturated carbocycles. The number of rotatable bonds is 4. The highest BCUT2D eigenvalue weighted by Gasteiger charge is 2.75. The molecule has 5 nitrogen and oxygen atoms in total. The van der Waals surface area contributed by atoms with E-state index in [0.29, 0.717) is 12.2 Å². The molecule has 5 heteroatoms. The quantitative estimate of drug-likeness (QED) is 0.872. The van der Waals surface area contributed by atoms with Crippen LogP contribution in [0.3, 0.4) is 0 Å². The fourth-order valence-electron chi connectivity index (χ4n) is 4.81. The van der Waals surface area contributed by atoms with E-state index in [2.05, 4.69) is 28.5 Å². The van der Waals surface area contributed by atoms with Gasteiger partial charge in [-0.2, -0.15) is 5.26 Å². The molecule has 5 rings (SSSR count). The van der Waals surface area contributed by atoms with Crippen molar-refractivity contribution < 1.29 is 9.90 Å². The topological polar surface area (TPSA) is 86.0 Å². The summed E-state index contributed by atoms with van der Waals surface area (Å²) < 4.78 is 0. The Kier molecular flexibility index (Phi) is 3.14. The first-order valence-corrected chi connectivity index (χ1v) is 9.63. The zero-order valence-electron chi connectivity index (χ0n) is 15.6. The molecule has 1 spiro atoms. The molecule has 0 radical (unpaired) electrons. The number of amides is 1. The molecule has 1 aromatic carbocycles. The monoisotopic (exact) mass is 361 g/mol. The number of pyridine rings is 1. The van der Waals surface area contributed by atoms with Crippen molar-refractivity contribution in [1.29, 1.82) is 5.26 Å². The van der Waals surface area contributed by atoms with Crippen LogP contribution in [0.1, 0.15) is 45.1 Å². The highest BCUT2D eigenvalue weighted by Crippen LogP contribution is 2.78. The second-order valence-electron chi connectivity index (χ2n) is 9.20. The van der Waals surface area contributed by atoms with Crippen LogP contribution in [0.4, 0.5) is 5.82 Å². The van der Waals surface area contributed by atoms with Gasteiger partial charge in [0, 0.05) is 17.5 Å². The number of aromatic nitrogens is 1. The zero-order chi connectivity index (χ0) is 19.0. The fraction of sp³-hybridized carbons (Fsp3) is 0.500. The van der Waals surface area contributed by atoms with Crippen LogP contribution >= 0.6 is 0 Å². The molecule has 138 valence electrons. The molecule has 0 aliphatic heterocycles. The lowest BCUT2D eigenvalue weighted by molar-refractivity contribution is -0.118. The van der Waals surface area contributed by atoms with E-state index in [-0.39, 0.29) is 28.6 Å². The minimum absolute atomic E-state index is 0.00430. The fourth-order valence-corrected chi connectivity index (χ4v) is 4.81. The average molecular weight is 361 g/mol. The van der Waals surface area contributed by atoms with Crippen LogP contribution in [0.5, 0.6) is 0 Å². The summed E-state index contributed by atoms with van der Waals surface area (Å²) in [6.45, 7) is 3.49. The lowest BCUT2D eigenvalue weighted by Crippen LogP contribution is -2.26. The van der Waals surface area contributed by atoms with Crippen molar-refractivity contribution >= 4 is 22.5 Å². The molecular formula is C22H23N3O2. The molecule has 3 aliphatic carbocycles. The molecule has 0 bridgehead atoms. The van der Waals surface area contributed by atoms with Gasteiger partial charge in [0.2, 0.25) is 5.91 Å². The zero-order valence-corrected chi connectivity index (χ0v) is 15.6. The Morgan fingerprint density at radius 3 is 2.70 bits per heavy atom. The van der Waals surface area contributed by atoms with Crippen LogP contribution in [0.2, 0.25) is 0 Å². The van der Waals surface area contributed by atoms with Crippen LogP contribution in [0, 0.1) is 28.6 Å². The van der Waals surface area contributed by atoms with Gasteiger partial charge in [0.05, 0.1) is 17.1 Å². The number of carbonyl (C=O) groups is 1. The van der Waals surface area contributed by atoms with Gasteiger partial charge in [-0.15, -0.1) is 0 Å². The number of aliphatic hydroxyl groups is 1. The summed E-state index contributed by atoms with van der Waals surface area (Å²) in [5.74, 6) is 0.285. The number of nitrogens with one attached hydrogen (secondary N) is 1. The van der Waals surface area contributed by atoms with Crippen molar-refractivity contribution in [1.82, 2.24) is 4.98 Å². The molecule has 3 atom stereocenters. The molecule has 1 heterocycles. The first-order chi connectivity index (χ1) is 12.8. The van der Waals surface area contributed by atoms with E-state index in [1.807, 2.05) is 12.1 Å². The van der Waals surface area contributed by atoms with E-state index < -0.39 is 5.60 Å². The van der Waals surface area contributed by atoms with Crippen LogP contribution in [-0.4, -0.2) is 21.6 Å². The van der Waals surface area contributed by atoms with Crippen LogP contribution in [0.25, 0.3) is 10.8 Å². The number of anilines is 1. The predicted octanol–water partition coefficient (Wildman–Crippen LogP) is 3.53. The summed E-state index contributed by atoms with van der Waals surface area (Å²) in [4.78, 5) is 16.8. The van der Waals surface area contributed by atoms with Crippen molar-refractivity contribution in [3.05, 3.63) is 36.0 Å². The molecule has 1 aromatic heterocycles. The van der Waals surface area contributed by atoms with Crippen LogP contribution < -0.4 is 5.32 Å². The van der Waals surface area contributed by atoms with Gasteiger partial charge in [0.15, 0.2) is 0 Å². The molecule has 3 unspecified atom stereocenters. The minimum Gasteiger partial charge on any atom is -0.390 e. The number of nitriles is 1. The number of fused-ring (bicyclic) bond motifs is 1. The first-order valence-electron chi connectivity index (χ1n) is 9.63. The van der Waals surface area contributed by atoms with Crippen molar-refractivity contribution in [2.24, 2.45) is 17.3 Å².